The van der Waals surface area contributed by atoms with Crippen LogP contribution in [0, 0.1) is 6.92 Å². The molecule has 6 heteroatoms. The van der Waals surface area contributed by atoms with Gasteiger partial charge in [-0.3, -0.25) is 4.79 Å². The smallest absolute Gasteiger partial charge is 0.253 e. The van der Waals surface area contributed by atoms with Crippen molar-refractivity contribution in [2.24, 2.45) is 0 Å². The van der Waals surface area contributed by atoms with E-state index in [2.05, 4.69) is 14.9 Å². The van der Waals surface area contributed by atoms with E-state index in [4.69, 9.17) is 0 Å². The van der Waals surface area contributed by atoms with Crippen molar-refractivity contribution in [3.05, 3.63) is 72.3 Å². The normalized spacial score (nSPS) is 14.5. The molecule has 1 amide bonds. The molecule has 1 aromatic carbocycles. The van der Waals surface area contributed by atoms with Crippen LogP contribution in [0.4, 0.5) is 5.82 Å². The summed E-state index contributed by atoms with van der Waals surface area (Å²) in [5, 5.41) is 0. The van der Waals surface area contributed by atoms with Crippen molar-refractivity contribution < 1.29 is 4.79 Å². The van der Waals surface area contributed by atoms with Crippen molar-refractivity contribution >= 4 is 11.7 Å². The topological polar surface area (TPSA) is 54.3 Å². The summed E-state index contributed by atoms with van der Waals surface area (Å²) < 4.78 is 1.96. The third kappa shape index (κ3) is 3.31. The Bertz CT molecular complexity index is 881. The maximum absolute atomic E-state index is 12.6. The molecule has 1 aliphatic rings. The van der Waals surface area contributed by atoms with Gasteiger partial charge in [0.25, 0.3) is 5.91 Å². The fourth-order valence-electron chi connectivity index (χ4n) is 3.16. The Balaban J connectivity index is 1.43. The highest BCUT2D eigenvalue weighted by Crippen LogP contribution is 2.17. The van der Waals surface area contributed by atoms with E-state index in [0.29, 0.717) is 13.1 Å². The lowest BCUT2D eigenvalue weighted by atomic mass is 10.1. The van der Waals surface area contributed by atoms with Crippen LogP contribution in [0.5, 0.6) is 0 Å². The zero-order valence-corrected chi connectivity index (χ0v) is 14.7. The molecular formula is C20H21N5O. The van der Waals surface area contributed by atoms with Crippen molar-refractivity contribution in [2.75, 3.05) is 31.1 Å². The van der Waals surface area contributed by atoms with Crippen LogP contribution in [-0.2, 0) is 0 Å². The van der Waals surface area contributed by atoms with E-state index in [1.54, 1.807) is 6.33 Å². The standard InChI is InChI=1S/C20H21N5O/c1-16-4-6-17(7-5-16)20(26)25-12-10-24(11-13-25)19-14-18(21-15-22-19)23-8-2-3-9-23/h2-9,14-15H,10-13H2,1H3. The molecule has 0 atom stereocenters. The van der Waals surface area contributed by atoms with Gasteiger partial charge in [0.1, 0.15) is 18.0 Å². The average Bonchev–Trinajstić information content (AvgIpc) is 3.23. The van der Waals surface area contributed by atoms with Crippen molar-refractivity contribution in [3.8, 4) is 5.82 Å². The highest BCUT2D eigenvalue weighted by Gasteiger charge is 2.23. The Labute approximate surface area is 152 Å². The van der Waals surface area contributed by atoms with Crippen LogP contribution in [0.3, 0.4) is 0 Å². The van der Waals surface area contributed by atoms with Crippen LogP contribution in [-0.4, -0.2) is 51.5 Å². The first-order chi connectivity index (χ1) is 12.7. The molecule has 132 valence electrons. The van der Waals surface area contributed by atoms with Gasteiger partial charge >= 0.3 is 0 Å². The van der Waals surface area contributed by atoms with E-state index < -0.39 is 0 Å². The fraction of sp³-hybridized carbons (Fsp3) is 0.250. The predicted molar refractivity (Wildman–Crippen MR) is 101 cm³/mol. The first-order valence-electron chi connectivity index (χ1n) is 8.77. The summed E-state index contributed by atoms with van der Waals surface area (Å²) in [4.78, 5) is 25.5. The van der Waals surface area contributed by atoms with E-state index in [1.807, 2.05) is 71.2 Å². The molecule has 0 radical (unpaired) electrons. The molecule has 0 saturated carbocycles. The Kier molecular flexibility index (Phi) is 4.39. The van der Waals surface area contributed by atoms with Crippen molar-refractivity contribution in [3.63, 3.8) is 0 Å². The Morgan fingerprint density at radius 1 is 0.923 bits per heavy atom. The number of aromatic nitrogens is 3. The summed E-state index contributed by atoms with van der Waals surface area (Å²) >= 11 is 0. The van der Waals surface area contributed by atoms with Crippen LogP contribution in [0.2, 0.25) is 0 Å². The van der Waals surface area contributed by atoms with Gasteiger partial charge in [-0.2, -0.15) is 0 Å². The molecule has 3 aromatic rings. The molecule has 1 fully saturated rings. The molecule has 2 aromatic heterocycles. The van der Waals surface area contributed by atoms with E-state index in [9.17, 15) is 4.79 Å². The first kappa shape index (κ1) is 16.3. The van der Waals surface area contributed by atoms with Gasteiger partial charge in [-0.15, -0.1) is 0 Å². The summed E-state index contributed by atoms with van der Waals surface area (Å²) in [6, 6.07) is 13.7. The van der Waals surface area contributed by atoms with Gasteiger partial charge in [0.15, 0.2) is 0 Å². The number of nitrogens with zero attached hydrogens (tertiary/aromatic N) is 5. The lowest BCUT2D eigenvalue weighted by molar-refractivity contribution is 0.0746. The maximum atomic E-state index is 12.6. The minimum atomic E-state index is 0.0976. The fourth-order valence-corrected chi connectivity index (χ4v) is 3.16. The molecular weight excluding hydrogens is 326 g/mol. The second-order valence-corrected chi connectivity index (χ2v) is 6.47. The first-order valence-corrected chi connectivity index (χ1v) is 8.77. The number of carbonyl (C=O) groups is 1. The third-order valence-electron chi connectivity index (χ3n) is 4.70. The van der Waals surface area contributed by atoms with Gasteiger partial charge < -0.3 is 14.4 Å². The number of anilines is 1. The minimum Gasteiger partial charge on any atom is -0.353 e. The number of benzene rings is 1. The monoisotopic (exact) mass is 347 g/mol. The van der Waals surface area contributed by atoms with E-state index >= 15 is 0 Å². The number of rotatable bonds is 3. The van der Waals surface area contributed by atoms with Crippen LogP contribution in [0.1, 0.15) is 15.9 Å². The number of hydrogen-bond donors (Lipinski definition) is 0. The minimum absolute atomic E-state index is 0.0976. The average molecular weight is 347 g/mol. The lowest BCUT2D eigenvalue weighted by Crippen LogP contribution is -2.49. The molecule has 1 aliphatic heterocycles. The van der Waals surface area contributed by atoms with Gasteiger partial charge in [-0.25, -0.2) is 9.97 Å². The molecule has 0 N–H and O–H groups in total. The van der Waals surface area contributed by atoms with Crippen molar-refractivity contribution in [1.29, 1.82) is 0 Å². The summed E-state index contributed by atoms with van der Waals surface area (Å²) in [6.07, 6.45) is 5.52. The van der Waals surface area contributed by atoms with E-state index in [1.165, 1.54) is 0 Å². The van der Waals surface area contributed by atoms with Gasteiger partial charge in [0.05, 0.1) is 0 Å². The second-order valence-electron chi connectivity index (χ2n) is 6.47. The molecule has 4 rings (SSSR count). The number of piperazine rings is 1. The quantitative estimate of drug-likeness (QED) is 0.731. The molecule has 6 nitrogen and oxygen atoms in total. The van der Waals surface area contributed by atoms with Crippen LogP contribution >= 0.6 is 0 Å². The molecule has 0 bridgehead atoms. The number of aryl methyl sites for hydroxylation is 1. The van der Waals surface area contributed by atoms with Crippen molar-refractivity contribution in [2.45, 2.75) is 6.92 Å². The predicted octanol–water partition coefficient (Wildman–Crippen LogP) is 2.54. The number of hydrogen-bond acceptors (Lipinski definition) is 4. The molecule has 0 aliphatic carbocycles. The van der Waals surface area contributed by atoms with Gasteiger partial charge in [0.2, 0.25) is 0 Å². The Hall–Kier alpha value is -3.15. The Morgan fingerprint density at radius 2 is 1.58 bits per heavy atom. The SMILES string of the molecule is Cc1ccc(C(=O)N2CCN(c3cc(-n4cccc4)ncn3)CC2)cc1. The Morgan fingerprint density at radius 3 is 2.27 bits per heavy atom. The summed E-state index contributed by atoms with van der Waals surface area (Å²) in [5.74, 6) is 1.84. The molecule has 3 heterocycles. The summed E-state index contributed by atoms with van der Waals surface area (Å²) in [5.41, 5.74) is 1.91. The maximum Gasteiger partial charge on any atom is 0.253 e. The van der Waals surface area contributed by atoms with Gasteiger partial charge in [-0.1, -0.05) is 17.7 Å². The highest BCUT2D eigenvalue weighted by molar-refractivity contribution is 5.94. The lowest BCUT2D eigenvalue weighted by Gasteiger charge is -2.35. The van der Waals surface area contributed by atoms with Crippen LogP contribution < -0.4 is 4.90 Å². The van der Waals surface area contributed by atoms with Gasteiger partial charge in [-0.05, 0) is 31.2 Å². The van der Waals surface area contributed by atoms with Crippen molar-refractivity contribution in [1.82, 2.24) is 19.4 Å². The third-order valence-corrected chi connectivity index (χ3v) is 4.70. The highest BCUT2D eigenvalue weighted by atomic mass is 16.2. The molecule has 0 unspecified atom stereocenters. The summed E-state index contributed by atoms with van der Waals surface area (Å²) in [6.45, 7) is 4.93. The summed E-state index contributed by atoms with van der Waals surface area (Å²) in [7, 11) is 0. The molecule has 0 spiro atoms. The zero-order chi connectivity index (χ0) is 17.9. The zero-order valence-electron chi connectivity index (χ0n) is 14.7. The second kappa shape index (κ2) is 7.00. The van der Waals surface area contributed by atoms with E-state index in [0.717, 1.165) is 35.9 Å². The number of carbonyl (C=O) groups excluding carboxylic acids is 1. The largest absolute Gasteiger partial charge is 0.353 e. The molecule has 1 saturated heterocycles. The number of amides is 1. The van der Waals surface area contributed by atoms with E-state index in [-0.39, 0.29) is 5.91 Å². The van der Waals surface area contributed by atoms with Gasteiger partial charge in [0, 0.05) is 50.2 Å². The van der Waals surface area contributed by atoms with Crippen LogP contribution in [0.15, 0.2) is 61.2 Å². The molecule has 26 heavy (non-hydrogen) atoms. The van der Waals surface area contributed by atoms with Crippen LogP contribution in [0.25, 0.3) is 5.82 Å².